The van der Waals surface area contributed by atoms with Crippen molar-refractivity contribution in [2.24, 2.45) is 0 Å². The second kappa shape index (κ2) is 5.14. The van der Waals surface area contributed by atoms with E-state index in [2.05, 4.69) is 0 Å². The van der Waals surface area contributed by atoms with Crippen molar-refractivity contribution in [1.29, 1.82) is 5.26 Å². The van der Waals surface area contributed by atoms with Gasteiger partial charge in [0.15, 0.2) is 4.91 Å². The third-order valence-corrected chi connectivity index (χ3v) is 4.98. The molecule has 0 aromatic heterocycles. The number of nitrogens with zero attached hydrogens (tertiary/aromatic N) is 2. The van der Waals surface area contributed by atoms with E-state index in [0.29, 0.717) is 0 Å². The normalized spacial score (nSPS) is 15.6. The van der Waals surface area contributed by atoms with Crippen LogP contribution < -0.4 is 4.90 Å². The third-order valence-electron chi connectivity index (χ3n) is 3.28. The summed E-state index contributed by atoms with van der Waals surface area (Å²) in [5, 5.41) is 9.03. The molecule has 0 saturated heterocycles. The van der Waals surface area contributed by atoms with Gasteiger partial charge in [0.25, 0.3) is 0 Å². The predicted octanol–water partition coefficient (Wildman–Crippen LogP) is 3.39. The van der Waals surface area contributed by atoms with Crippen LogP contribution in [0.2, 0.25) is 0 Å². The Morgan fingerprint density at radius 2 is 1.57 bits per heavy atom. The summed E-state index contributed by atoms with van der Waals surface area (Å²) in [5.41, 5.74) is -0.534. The number of anilines is 2. The minimum absolute atomic E-state index is 0.200. The van der Waals surface area contributed by atoms with Crippen LogP contribution in [0.15, 0.2) is 52.4 Å². The molecule has 0 spiro atoms. The molecule has 0 N–H and O–H groups in total. The average Bonchev–Trinajstić information content (AvgIpc) is 2.50. The lowest BCUT2D eigenvalue weighted by atomic mass is 10.2. The molecule has 2 aromatic carbocycles. The van der Waals surface area contributed by atoms with Crippen molar-refractivity contribution in [1.82, 2.24) is 0 Å². The lowest BCUT2D eigenvalue weighted by Gasteiger charge is -2.27. The Bertz CT molecular complexity index is 994. The van der Waals surface area contributed by atoms with Crippen molar-refractivity contribution in [3.63, 3.8) is 0 Å². The van der Waals surface area contributed by atoms with Crippen LogP contribution in [0.5, 0.6) is 0 Å². The molecule has 0 unspecified atom stereocenters. The van der Waals surface area contributed by atoms with Gasteiger partial charge in [-0.15, -0.1) is 0 Å². The first-order valence-corrected chi connectivity index (χ1v) is 7.74. The molecule has 1 aliphatic rings. The van der Waals surface area contributed by atoms with Crippen LogP contribution in [0.4, 0.5) is 24.5 Å². The summed E-state index contributed by atoms with van der Waals surface area (Å²) in [6, 6.07) is 6.85. The quantitative estimate of drug-likeness (QED) is 0.749. The van der Waals surface area contributed by atoms with Crippen LogP contribution in [0.3, 0.4) is 0 Å². The fourth-order valence-corrected chi connectivity index (χ4v) is 3.52. The number of rotatable bonds is 1. The molecule has 0 aliphatic carbocycles. The van der Waals surface area contributed by atoms with Crippen LogP contribution in [-0.2, 0) is 9.84 Å². The molecular formula is C15H7F3N2O2S. The lowest BCUT2D eigenvalue weighted by molar-refractivity contribution is 0.596. The third kappa shape index (κ3) is 2.35. The monoisotopic (exact) mass is 336 g/mol. The average molecular weight is 336 g/mol. The van der Waals surface area contributed by atoms with Gasteiger partial charge in [0, 0.05) is 12.3 Å². The summed E-state index contributed by atoms with van der Waals surface area (Å²) in [4.78, 5) is -0.0712. The maximum Gasteiger partial charge on any atom is 0.220 e. The van der Waals surface area contributed by atoms with Crippen molar-refractivity contribution < 1.29 is 21.6 Å². The first-order valence-electron chi connectivity index (χ1n) is 6.25. The van der Waals surface area contributed by atoms with Gasteiger partial charge < -0.3 is 4.90 Å². The number of nitriles is 1. The Morgan fingerprint density at radius 3 is 2.22 bits per heavy atom. The van der Waals surface area contributed by atoms with E-state index in [1.54, 1.807) is 0 Å². The van der Waals surface area contributed by atoms with Gasteiger partial charge in [0.05, 0.1) is 16.3 Å². The Balaban J connectivity index is 2.36. The van der Waals surface area contributed by atoms with Gasteiger partial charge in [-0.3, -0.25) is 0 Å². The molecular weight excluding hydrogens is 329 g/mol. The molecule has 1 aliphatic heterocycles. The van der Waals surface area contributed by atoms with E-state index in [1.165, 1.54) is 6.07 Å². The van der Waals surface area contributed by atoms with Gasteiger partial charge in [-0.25, -0.2) is 21.6 Å². The topological polar surface area (TPSA) is 61.2 Å². The van der Waals surface area contributed by atoms with Crippen LogP contribution in [0.25, 0.3) is 0 Å². The molecule has 1 heterocycles. The zero-order chi connectivity index (χ0) is 16.8. The highest BCUT2D eigenvalue weighted by atomic mass is 32.2. The number of halogens is 3. The van der Waals surface area contributed by atoms with E-state index >= 15 is 0 Å². The molecule has 0 radical (unpaired) electrons. The molecule has 0 fully saturated rings. The highest BCUT2D eigenvalue weighted by Crippen LogP contribution is 2.40. The maximum atomic E-state index is 14.0. The molecule has 0 amide bonds. The van der Waals surface area contributed by atoms with Gasteiger partial charge in [0.2, 0.25) is 9.84 Å². The Hall–Kier alpha value is -2.79. The summed E-state index contributed by atoms with van der Waals surface area (Å²) < 4.78 is 65.5. The van der Waals surface area contributed by atoms with Gasteiger partial charge >= 0.3 is 0 Å². The second-order valence-corrected chi connectivity index (χ2v) is 6.57. The number of sulfone groups is 1. The summed E-state index contributed by atoms with van der Waals surface area (Å²) in [6.45, 7) is 0. The molecule has 0 saturated carbocycles. The first-order chi connectivity index (χ1) is 10.8. The predicted molar refractivity (Wildman–Crippen MR) is 75.8 cm³/mol. The Labute approximate surface area is 129 Å². The molecule has 0 bridgehead atoms. The molecule has 4 nitrogen and oxygen atoms in total. The minimum Gasteiger partial charge on any atom is -0.311 e. The fraction of sp³-hybridized carbons (Fsp3) is 0. The van der Waals surface area contributed by atoms with Crippen molar-refractivity contribution in [3.05, 3.63) is 65.0 Å². The SMILES string of the molecule is N#CC1=CN(c2cc(F)ccc2F)c2cc(F)ccc2S1(=O)=O. The molecule has 0 atom stereocenters. The highest BCUT2D eigenvalue weighted by Gasteiger charge is 2.33. The van der Waals surface area contributed by atoms with E-state index in [-0.39, 0.29) is 16.3 Å². The standard InChI is InChI=1S/C15H7F3N2O2S/c16-9-1-3-12(18)13(5-9)20-8-11(7-19)23(21,22)15-4-2-10(17)6-14(15)20/h1-6,8H. The largest absolute Gasteiger partial charge is 0.311 e. The van der Waals surface area contributed by atoms with E-state index in [4.69, 9.17) is 5.26 Å². The van der Waals surface area contributed by atoms with Gasteiger partial charge in [-0.1, -0.05) is 0 Å². The molecule has 116 valence electrons. The second-order valence-electron chi connectivity index (χ2n) is 4.69. The van der Waals surface area contributed by atoms with Gasteiger partial charge in [-0.2, -0.15) is 5.26 Å². The van der Waals surface area contributed by atoms with E-state index < -0.39 is 32.2 Å². The molecule has 3 rings (SSSR count). The minimum atomic E-state index is -4.14. The fourth-order valence-electron chi connectivity index (χ4n) is 2.24. The van der Waals surface area contributed by atoms with E-state index in [1.807, 2.05) is 0 Å². The summed E-state index contributed by atoms with van der Waals surface area (Å²) in [5.74, 6) is -2.37. The van der Waals surface area contributed by atoms with Crippen LogP contribution in [0.1, 0.15) is 0 Å². The zero-order valence-electron chi connectivity index (χ0n) is 11.3. The van der Waals surface area contributed by atoms with E-state index in [9.17, 15) is 21.6 Å². The van der Waals surface area contributed by atoms with Crippen LogP contribution >= 0.6 is 0 Å². The van der Waals surface area contributed by atoms with Gasteiger partial charge in [-0.05, 0) is 30.3 Å². The van der Waals surface area contributed by atoms with E-state index in [0.717, 1.165) is 47.5 Å². The van der Waals surface area contributed by atoms with Crippen LogP contribution in [-0.4, -0.2) is 8.42 Å². The number of allylic oxidation sites excluding steroid dienone is 1. The lowest BCUT2D eigenvalue weighted by Crippen LogP contribution is -2.22. The molecule has 2 aromatic rings. The molecule has 8 heteroatoms. The Kier molecular flexibility index (Phi) is 3.38. The number of hydrogen-bond donors (Lipinski definition) is 0. The van der Waals surface area contributed by atoms with Gasteiger partial charge in [0.1, 0.15) is 23.5 Å². The number of hydrogen-bond acceptors (Lipinski definition) is 4. The van der Waals surface area contributed by atoms with Crippen LogP contribution in [0, 0.1) is 28.8 Å². The van der Waals surface area contributed by atoms with Crippen molar-refractivity contribution in [2.75, 3.05) is 4.90 Å². The summed E-state index contributed by atoms with van der Waals surface area (Å²) in [6.07, 6.45) is 0.842. The number of benzene rings is 2. The van der Waals surface area contributed by atoms with Crippen molar-refractivity contribution in [3.8, 4) is 6.07 Å². The van der Waals surface area contributed by atoms with Crippen molar-refractivity contribution >= 4 is 21.2 Å². The summed E-state index contributed by atoms with van der Waals surface area (Å²) in [7, 11) is -4.14. The Morgan fingerprint density at radius 1 is 0.957 bits per heavy atom. The van der Waals surface area contributed by atoms with Crippen molar-refractivity contribution in [2.45, 2.75) is 4.90 Å². The summed E-state index contributed by atoms with van der Waals surface area (Å²) >= 11 is 0. The highest BCUT2D eigenvalue weighted by molar-refractivity contribution is 7.95. The molecule has 23 heavy (non-hydrogen) atoms. The first kappa shape index (κ1) is 15.1. The maximum absolute atomic E-state index is 14.0. The number of fused-ring (bicyclic) bond motifs is 1. The zero-order valence-corrected chi connectivity index (χ0v) is 12.1. The smallest absolute Gasteiger partial charge is 0.220 e.